The molecule has 1 aliphatic carbocycles. The molecule has 1 aliphatic rings. The van der Waals surface area contributed by atoms with Gasteiger partial charge in [0.1, 0.15) is 16.7 Å². The molecule has 1 fully saturated rings. The lowest BCUT2D eigenvalue weighted by atomic mass is 9.80. The SMILES string of the molecule is COCc1nc(C)c(CNCc2nnc(C3CC(N)C3)n2C)s1. The third-order valence-electron chi connectivity index (χ3n) is 4.31. The van der Waals surface area contributed by atoms with Crippen LogP contribution in [-0.2, 0) is 31.5 Å². The van der Waals surface area contributed by atoms with Gasteiger partial charge < -0.3 is 20.4 Å². The Morgan fingerprint density at radius 3 is 2.83 bits per heavy atom. The second-order valence-electron chi connectivity index (χ2n) is 6.11. The highest BCUT2D eigenvalue weighted by atomic mass is 32.1. The van der Waals surface area contributed by atoms with E-state index in [-0.39, 0.29) is 0 Å². The molecule has 2 aromatic rings. The topological polar surface area (TPSA) is 90.9 Å². The van der Waals surface area contributed by atoms with Gasteiger partial charge in [-0.25, -0.2) is 4.98 Å². The smallest absolute Gasteiger partial charge is 0.146 e. The molecule has 0 radical (unpaired) electrons. The van der Waals surface area contributed by atoms with E-state index in [1.807, 2.05) is 14.0 Å². The Labute approximate surface area is 140 Å². The first-order valence-corrected chi connectivity index (χ1v) is 8.68. The molecule has 2 aromatic heterocycles. The minimum absolute atomic E-state index is 0.328. The highest BCUT2D eigenvalue weighted by Crippen LogP contribution is 2.34. The lowest BCUT2D eigenvalue weighted by Gasteiger charge is -2.31. The first-order valence-electron chi connectivity index (χ1n) is 7.87. The number of nitrogens with one attached hydrogen (secondary N) is 1. The van der Waals surface area contributed by atoms with E-state index in [1.54, 1.807) is 18.4 Å². The molecule has 1 saturated carbocycles. The van der Waals surface area contributed by atoms with E-state index in [0.717, 1.165) is 41.7 Å². The van der Waals surface area contributed by atoms with Crippen molar-refractivity contribution >= 4 is 11.3 Å². The van der Waals surface area contributed by atoms with Crippen molar-refractivity contribution in [1.82, 2.24) is 25.1 Å². The van der Waals surface area contributed by atoms with Crippen molar-refractivity contribution in [3.8, 4) is 0 Å². The summed E-state index contributed by atoms with van der Waals surface area (Å²) in [5.41, 5.74) is 6.93. The van der Waals surface area contributed by atoms with E-state index >= 15 is 0 Å². The summed E-state index contributed by atoms with van der Waals surface area (Å²) in [5, 5.41) is 13.1. The van der Waals surface area contributed by atoms with E-state index in [2.05, 4.69) is 25.1 Å². The second kappa shape index (κ2) is 7.04. The van der Waals surface area contributed by atoms with Crippen LogP contribution in [0.25, 0.3) is 0 Å². The van der Waals surface area contributed by atoms with Crippen LogP contribution in [0.4, 0.5) is 0 Å². The molecule has 0 atom stereocenters. The molecule has 0 unspecified atom stereocenters. The number of aryl methyl sites for hydroxylation is 1. The molecular formula is C15H24N6OS. The Bertz CT molecular complexity index is 661. The zero-order chi connectivity index (χ0) is 16.4. The summed E-state index contributed by atoms with van der Waals surface area (Å²) in [6.07, 6.45) is 2.03. The van der Waals surface area contributed by atoms with Crippen LogP contribution in [0.15, 0.2) is 0 Å². The van der Waals surface area contributed by atoms with E-state index in [9.17, 15) is 0 Å². The Morgan fingerprint density at radius 2 is 2.13 bits per heavy atom. The van der Waals surface area contributed by atoms with Crippen LogP contribution < -0.4 is 11.1 Å². The Kier molecular flexibility index (Phi) is 5.05. The number of hydrogen-bond donors (Lipinski definition) is 2. The molecule has 0 spiro atoms. The maximum Gasteiger partial charge on any atom is 0.146 e. The molecule has 3 N–H and O–H groups in total. The number of nitrogens with zero attached hydrogens (tertiary/aromatic N) is 4. The van der Waals surface area contributed by atoms with Crippen molar-refractivity contribution in [2.75, 3.05) is 7.11 Å². The predicted octanol–water partition coefficient (Wildman–Crippen LogP) is 1.22. The van der Waals surface area contributed by atoms with Crippen molar-refractivity contribution < 1.29 is 4.74 Å². The van der Waals surface area contributed by atoms with Crippen LogP contribution in [0.1, 0.15) is 46.0 Å². The van der Waals surface area contributed by atoms with Crippen molar-refractivity contribution in [2.45, 2.75) is 51.4 Å². The van der Waals surface area contributed by atoms with Crippen LogP contribution >= 0.6 is 11.3 Å². The number of aromatic nitrogens is 4. The van der Waals surface area contributed by atoms with Crippen molar-refractivity contribution in [1.29, 1.82) is 0 Å². The minimum Gasteiger partial charge on any atom is -0.378 e. The molecule has 0 aromatic carbocycles. The average molecular weight is 336 g/mol. The summed E-state index contributed by atoms with van der Waals surface area (Å²) in [5.74, 6) is 2.48. The maximum absolute atomic E-state index is 5.86. The number of hydrogen-bond acceptors (Lipinski definition) is 7. The summed E-state index contributed by atoms with van der Waals surface area (Å²) >= 11 is 1.69. The number of thiazole rings is 1. The minimum atomic E-state index is 0.328. The van der Waals surface area contributed by atoms with Crippen LogP contribution in [0.2, 0.25) is 0 Å². The normalized spacial score (nSPS) is 20.7. The van der Waals surface area contributed by atoms with Gasteiger partial charge in [-0.3, -0.25) is 0 Å². The Morgan fingerprint density at radius 1 is 1.35 bits per heavy atom. The zero-order valence-electron chi connectivity index (χ0n) is 13.9. The van der Waals surface area contributed by atoms with Crippen LogP contribution in [0.3, 0.4) is 0 Å². The van der Waals surface area contributed by atoms with Gasteiger partial charge >= 0.3 is 0 Å². The molecule has 126 valence electrons. The fourth-order valence-electron chi connectivity index (χ4n) is 2.88. The predicted molar refractivity (Wildman–Crippen MR) is 89.1 cm³/mol. The van der Waals surface area contributed by atoms with Crippen LogP contribution in [-0.4, -0.2) is 32.9 Å². The van der Waals surface area contributed by atoms with Gasteiger partial charge in [0.15, 0.2) is 0 Å². The summed E-state index contributed by atoms with van der Waals surface area (Å²) in [6.45, 7) is 4.08. The number of nitrogens with two attached hydrogens (primary N) is 1. The summed E-state index contributed by atoms with van der Waals surface area (Å²) in [7, 11) is 3.72. The molecule has 2 heterocycles. The van der Waals surface area contributed by atoms with E-state index in [1.165, 1.54) is 4.88 Å². The summed E-state index contributed by atoms with van der Waals surface area (Å²) in [6, 6.07) is 0.328. The first kappa shape index (κ1) is 16.5. The van der Waals surface area contributed by atoms with Gasteiger partial charge in [-0.15, -0.1) is 21.5 Å². The summed E-state index contributed by atoms with van der Waals surface area (Å²) < 4.78 is 7.23. The van der Waals surface area contributed by atoms with Gasteiger partial charge in [0, 0.05) is 37.5 Å². The molecule has 0 saturated heterocycles. The van der Waals surface area contributed by atoms with E-state index < -0.39 is 0 Å². The standard InChI is InChI=1S/C15H24N6OS/c1-9-12(23-14(18-9)8-22-3)6-17-7-13-19-20-15(21(13)2)10-4-11(16)5-10/h10-11,17H,4-8,16H2,1-3H3. The average Bonchev–Trinajstić information content (AvgIpc) is 3.01. The monoisotopic (exact) mass is 336 g/mol. The second-order valence-corrected chi connectivity index (χ2v) is 7.28. The van der Waals surface area contributed by atoms with E-state index in [0.29, 0.717) is 25.1 Å². The third kappa shape index (κ3) is 3.60. The Hall–Kier alpha value is -1.35. The van der Waals surface area contributed by atoms with E-state index in [4.69, 9.17) is 10.5 Å². The number of methoxy groups -OCH3 is 1. The Balaban J connectivity index is 1.55. The third-order valence-corrected chi connectivity index (χ3v) is 5.44. The highest BCUT2D eigenvalue weighted by Gasteiger charge is 2.31. The molecule has 0 aliphatic heterocycles. The van der Waals surface area contributed by atoms with Gasteiger partial charge in [0.2, 0.25) is 0 Å². The molecule has 23 heavy (non-hydrogen) atoms. The van der Waals surface area contributed by atoms with Gasteiger partial charge in [0.05, 0.1) is 18.8 Å². The largest absolute Gasteiger partial charge is 0.378 e. The zero-order valence-corrected chi connectivity index (χ0v) is 14.7. The van der Waals surface area contributed by atoms with Gasteiger partial charge in [-0.1, -0.05) is 0 Å². The lowest BCUT2D eigenvalue weighted by molar-refractivity contribution is 0.184. The lowest BCUT2D eigenvalue weighted by Crippen LogP contribution is -2.36. The fraction of sp³-hybridized carbons (Fsp3) is 0.667. The molecule has 0 amide bonds. The van der Waals surface area contributed by atoms with Gasteiger partial charge in [0.25, 0.3) is 0 Å². The van der Waals surface area contributed by atoms with Crippen molar-refractivity contribution in [3.63, 3.8) is 0 Å². The molecule has 8 heteroatoms. The number of rotatable bonds is 7. The first-order chi connectivity index (χ1) is 11.1. The number of ether oxygens (including phenoxy) is 1. The quantitative estimate of drug-likeness (QED) is 0.790. The van der Waals surface area contributed by atoms with Crippen LogP contribution in [0.5, 0.6) is 0 Å². The van der Waals surface area contributed by atoms with Gasteiger partial charge in [-0.2, -0.15) is 0 Å². The van der Waals surface area contributed by atoms with Crippen molar-refractivity contribution in [3.05, 3.63) is 27.2 Å². The maximum atomic E-state index is 5.86. The highest BCUT2D eigenvalue weighted by molar-refractivity contribution is 7.11. The molecule has 0 bridgehead atoms. The summed E-state index contributed by atoms with van der Waals surface area (Å²) in [4.78, 5) is 5.75. The van der Waals surface area contributed by atoms with Crippen molar-refractivity contribution in [2.24, 2.45) is 12.8 Å². The fourth-order valence-corrected chi connectivity index (χ4v) is 3.89. The molecule has 3 rings (SSSR count). The molecule has 7 nitrogen and oxygen atoms in total. The van der Waals surface area contributed by atoms with Crippen LogP contribution in [0, 0.1) is 6.92 Å². The van der Waals surface area contributed by atoms with Gasteiger partial charge in [-0.05, 0) is 19.8 Å². The molecular weight excluding hydrogens is 312 g/mol.